The summed E-state index contributed by atoms with van der Waals surface area (Å²) in [7, 11) is 1.82. The highest BCUT2D eigenvalue weighted by Crippen LogP contribution is 2.23. The fourth-order valence-electron chi connectivity index (χ4n) is 3.39. The van der Waals surface area contributed by atoms with E-state index in [0.29, 0.717) is 5.56 Å². The van der Waals surface area contributed by atoms with Crippen molar-refractivity contribution in [1.82, 2.24) is 0 Å². The molecular weight excluding hydrogens is 312 g/mol. The Morgan fingerprint density at radius 2 is 1.60 bits per heavy atom. The molecule has 1 saturated heterocycles. The lowest BCUT2D eigenvalue weighted by Gasteiger charge is -2.31. The molecule has 0 unspecified atom stereocenters. The van der Waals surface area contributed by atoms with E-state index in [2.05, 4.69) is 11.0 Å². The second kappa shape index (κ2) is 7.28. The number of benzene rings is 2. The number of piperidine rings is 1. The summed E-state index contributed by atoms with van der Waals surface area (Å²) in [6.07, 6.45) is 1.43. The predicted molar refractivity (Wildman–Crippen MR) is 103 cm³/mol. The van der Waals surface area contributed by atoms with Crippen LogP contribution in [0.2, 0.25) is 0 Å². The first kappa shape index (κ1) is 17.5. The van der Waals surface area contributed by atoms with Crippen molar-refractivity contribution in [2.24, 2.45) is 0 Å². The average molecular weight is 338 g/mol. The lowest BCUT2D eigenvalue weighted by molar-refractivity contribution is 0.0993. The Labute approximate surface area is 149 Å². The van der Waals surface area contributed by atoms with Crippen molar-refractivity contribution in [2.75, 3.05) is 29.9 Å². The summed E-state index contributed by atoms with van der Waals surface area (Å²) in [4.78, 5) is 16.7. The van der Waals surface area contributed by atoms with Crippen molar-refractivity contribution in [3.05, 3.63) is 59.2 Å². The van der Waals surface area contributed by atoms with Gasteiger partial charge < -0.3 is 14.9 Å². The Morgan fingerprint density at radius 1 is 1.04 bits per heavy atom. The van der Waals surface area contributed by atoms with E-state index in [-0.39, 0.29) is 12.0 Å². The van der Waals surface area contributed by atoms with E-state index in [1.807, 2.05) is 57.3 Å². The highest BCUT2D eigenvalue weighted by Gasteiger charge is 2.18. The average Bonchev–Trinajstić information content (AvgIpc) is 2.60. The van der Waals surface area contributed by atoms with Crippen molar-refractivity contribution in [3.63, 3.8) is 0 Å². The predicted octanol–water partition coefficient (Wildman–Crippen LogP) is 3.54. The lowest BCUT2D eigenvalue weighted by Crippen LogP contribution is -2.35. The molecule has 132 valence electrons. The SMILES string of the molecule is Cc1cc(C)cc(N(C)C(=O)c2ccc(N3CCC(O)CC3)cc2)c1. The maximum atomic E-state index is 12.8. The Hall–Kier alpha value is -2.33. The maximum Gasteiger partial charge on any atom is 0.258 e. The second-order valence-corrected chi connectivity index (χ2v) is 6.98. The summed E-state index contributed by atoms with van der Waals surface area (Å²) in [5.41, 5.74) is 5.01. The van der Waals surface area contributed by atoms with E-state index in [4.69, 9.17) is 0 Å². The van der Waals surface area contributed by atoms with Gasteiger partial charge in [0.1, 0.15) is 0 Å². The van der Waals surface area contributed by atoms with Gasteiger partial charge in [-0.3, -0.25) is 4.79 Å². The Balaban J connectivity index is 1.74. The van der Waals surface area contributed by atoms with Gasteiger partial charge in [-0.15, -0.1) is 0 Å². The van der Waals surface area contributed by atoms with Crippen molar-refractivity contribution < 1.29 is 9.90 Å². The minimum absolute atomic E-state index is 0.00869. The first-order valence-electron chi connectivity index (χ1n) is 8.83. The number of anilines is 2. The molecule has 0 radical (unpaired) electrons. The number of aliphatic hydroxyl groups excluding tert-OH is 1. The van der Waals surface area contributed by atoms with Gasteiger partial charge >= 0.3 is 0 Å². The number of hydrogen-bond donors (Lipinski definition) is 1. The van der Waals surface area contributed by atoms with E-state index in [9.17, 15) is 9.90 Å². The van der Waals surface area contributed by atoms with Crippen LogP contribution in [0.1, 0.15) is 34.3 Å². The van der Waals surface area contributed by atoms with E-state index in [1.165, 1.54) is 0 Å². The summed E-state index contributed by atoms with van der Waals surface area (Å²) in [6.45, 7) is 5.80. The van der Waals surface area contributed by atoms with Crippen LogP contribution in [-0.4, -0.2) is 37.3 Å². The molecule has 25 heavy (non-hydrogen) atoms. The third-order valence-corrected chi connectivity index (χ3v) is 4.84. The molecule has 2 aromatic carbocycles. The van der Waals surface area contributed by atoms with Crippen LogP contribution in [0.3, 0.4) is 0 Å². The van der Waals surface area contributed by atoms with Gasteiger partial charge in [-0.25, -0.2) is 0 Å². The maximum absolute atomic E-state index is 12.8. The molecule has 3 rings (SSSR count). The van der Waals surface area contributed by atoms with E-state index in [1.54, 1.807) is 4.90 Å². The zero-order valence-electron chi connectivity index (χ0n) is 15.2. The molecule has 0 atom stereocenters. The molecule has 0 aromatic heterocycles. The summed E-state index contributed by atoms with van der Waals surface area (Å²) in [5, 5.41) is 9.62. The van der Waals surface area contributed by atoms with Crippen LogP contribution in [0.25, 0.3) is 0 Å². The minimum atomic E-state index is -0.177. The van der Waals surface area contributed by atoms with Gasteiger partial charge in [-0.05, 0) is 74.2 Å². The molecule has 0 saturated carbocycles. The van der Waals surface area contributed by atoms with E-state index in [0.717, 1.165) is 48.4 Å². The fraction of sp³-hybridized carbons (Fsp3) is 0.381. The zero-order valence-corrected chi connectivity index (χ0v) is 15.2. The van der Waals surface area contributed by atoms with Crippen molar-refractivity contribution in [3.8, 4) is 0 Å². The molecular formula is C21H26N2O2. The van der Waals surface area contributed by atoms with Crippen LogP contribution < -0.4 is 9.80 Å². The molecule has 1 heterocycles. The third-order valence-electron chi connectivity index (χ3n) is 4.84. The Bertz CT molecular complexity index is 727. The molecule has 0 spiro atoms. The Morgan fingerprint density at radius 3 is 2.16 bits per heavy atom. The van der Waals surface area contributed by atoms with Crippen LogP contribution in [0.4, 0.5) is 11.4 Å². The van der Waals surface area contributed by atoms with E-state index >= 15 is 0 Å². The first-order chi connectivity index (χ1) is 11.9. The summed E-state index contributed by atoms with van der Waals surface area (Å²) < 4.78 is 0. The molecule has 1 aliphatic rings. The monoisotopic (exact) mass is 338 g/mol. The first-order valence-corrected chi connectivity index (χ1v) is 8.83. The molecule has 0 bridgehead atoms. The Kier molecular flexibility index (Phi) is 5.09. The van der Waals surface area contributed by atoms with Gasteiger partial charge in [-0.2, -0.15) is 0 Å². The molecule has 1 fully saturated rings. The quantitative estimate of drug-likeness (QED) is 0.931. The molecule has 1 N–H and O–H groups in total. The van der Waals surface area contributed by atoms with Gasteiger partial charge in [-0.1, -0.05) is 6.07 Å². The molecule has 4 nitrogen and oxygen atoms in total. The summed E-state index contributed by atoms with van der Waals surface area (Å²) in [5.74, 6) is -0.00869. The number of aliphatic hydroxyl groups is 1. The number of hydrogen-bond acceptors (Lipinski definition) is 3. The normalized spacial score (nSPS) is 15.3. The van der Waals surface area contributed by atoms with Gasteiger partial charge in [0.05, 0.1) is 6.10 Å². The molecule has 0 aliphatic carbocycles. The van der Waals surface area contributed by atoms with Crippen LogP contribution >= 0.6 is 0 Å². The fourth-order valence-corrected chi connectivity index (χ4v) is 3.39. The molecule has 1 aliphatic heterocycles. The topological polar surface area (TPSA) is 43.8 Å². The van der Waals surface area contributed by atoms with Crippen molar-refractivity contribution in [2.45, 2.75) is 32.8 Å². The number of carbonyl (C=O) groups is 1. The molecule has 4 heteroatoms. The lowest BCUT2D eigenvalue weighted by atomic mass is 10.1. The second-order valence-electron chi connectivity index (χ2n) is 6.98. The third kappa shape index (κ3) is 4.02. The summed E-state index contributed by atoms with van der Waals surface area (Å²) in [6, 6.07) is 13.9. The minimum Gasteiger partial charge on any atom is -0.393 e. The number of amides is 1. The number of nitrogens with zero attached hydrogens (tertiary/aromatic N) is 2. The van der Waals surface area contributed by atoms with Crippen molar-refractivity contribution >= 4 is 17.3 Å². The largest absolute Gasteiger partial charge is 0.393 e. The van der Waals surface area contributed by atoms with Crippen LogP contribution in [0.15, 0.2) is 42.5 Å². The van der Waals surface area contributed by atoms with Crippen LogP contribution in [0, 0.1) is 13.8 Å². The standard InChI is InChI=1S/C21H26N2O2/c1-15-12-16(2)14-19(13-15)22(3)21(25)17-4-6-18(7-5-17)23-10-8-20(24)9-11-23/h4-7,12-14,20,24H,8-11H2,1-3H3. The van der Waals surface area contributed by atoms with Crippen LogP contribution in [-0.2, 0) is 0 Å². The number of aryl methyl sites for hydroxylation is 2. The summed E-state index contributed by atoms with van der Waals surface area (Å²) >= 11 is 0. The molecule has 1 amide bonds. The smallest absolute Gasteiger partial charge is 0.258 e. The highest BCUT2D eigenvalue weighted by atomic mass is 16.3. The van der Waals surface area contributed by atoms with Crippen molar-refractivity contribution in [1.29, 1.82) is 0 Å². The molecule has 2 aromatic rings. The van der Waals surface area contributed by atoms with Gasteiger partial charge in [0.15, 0.2) is 0 Å². The number of rotatable bonds is 3. The van der Waals surface area contributed by atoms with Crippen LogP contribution in [0.5, 0.6) is 0 Å². The van der Waals surface area contributed by atoms with E-state index < -0.39 is 0 Å². The number of carbonyl (C=O) groups excluding carboxylic acids is 1. The van der Waals surface area contributed by atoms with Gasteiger partial charge in [0.2, 0.25) is 0 Å². The van der Waals surface area contributed by atoms with Gasteiger partial charge in [0, 0.05) is 37.1 Å². The van der Waals surface area contributed by atoms with Gasteiger partial charge in [0.25, 0.3) is 5.91 Å². The highest BCUT2D eigenvalue weighted by molar-refractivity contribution is 6.06. The zero-order chi connectivity index (χ0) is 18.0.